The number of rotatable bonds is 2. The molecule has 0 saturated heterocycles. The Morgan fingerprint density at radius 2 is 2.05 bits per heavy atom. The summed E-state index contributed by atoms with van der Waals surface area (Å²) in [5, 5.41) is 3.78. The van der Waals surface area contributed by atoms with Crippen LogP contribution < -0.4 is 5.32 Å². The van der Waals surface area contributed by atoms with Crippen LogP contribution in [0.25, 0.3) is 10.9 Å². The lowest BCUT2D eigenvalue weighted by Gasteiger charge is -2.09. The molecule has 0 aliphatic heterocycles. The Morgan fingerprint density at radius 3 is 2.90 bits per heavy atom. The molecule has 3 rings (SSSR count). The van der Waals surface area contributed by atoms with Crippen LogP contribution in [0.15, 0.2) is 48.7 Å². The van der Waals surface area contributed by atoms with Crippen molar-refractivity contribution in [2.24, 2.45) is 0 Å². The lowest BCUT2D eigenvalue weighted by molar-refractivity contribution is 0.102. The molecule has 3 nitrogen and oxygen atoms in total. The van der Waals surface area contributed by atoms with Crippen molar-refractivity contribution in [3.63, 3.8) is 0 Å². The smallest absolute Gasteiger partial charge is 0.255 e. The van der Waals surface area contributed by atoms with Gasteiger partial charge >= 0.3 is 0 Å². The molecule has 2 aromatic carbocycles. The summed E-state index contributed by atoms with van der Waals surface area (Å²) < 4.78 is 13.4. The van der Waals surface area contributed by atoms with E-state index in [0.29, 0.717) is 16.8 Å². The Labute approximate surface area is 115 Å². The summed E-state index contributed by atoms with van der Waals surface area (Å²) in [7, 11) is 0. The molecule has 2 N–H and O–H groups in total. The lowest BCUT2D eigenvalue weighted by atomic mass is 10.1. The van der Waals surface area contributed by atoms with Crippen molar-refractivity contribution in [1.82, 2.24) is 4.98 Å². The highest BCUT2D eigenvalue weighted by atomic mass is 19.1. The van der Waals surface area contributed by atoms with Crippen LogP contribution in [0.4, 0.5) is 10.1 Å². The summed E-state index contributed by atoms with van der Waals surface area (Å²) in [5.41, 5.74) is 2.35. The Morgan fingerprint density at radius 1 is 1.20 bits per heavy atom. The first-order valence-corrected chi connectivity index (χ1v) is 6.29. The molecule has 0 spiro atoms. The van der Waals surface area contributed by atoms with Gasteiger partial charge < -0.3 is 10.3 Å². The van der Waals surface area contributed by atoms with Crippen LogP contribution in [0.1, 0.15) is 15.9 Å². The molecule has 4 heteroatoms. The van der Waals surface area contributed by atoms with Gasteiger partial charge in [-0.2, -0.15) is 0 Å². The minimum atomic E-state index is -0.331. The van der Waals surface area contributed by atoms with Gasteiger partial charge in [-0.15, -0.1) is 0 Å². The highest BCUT2D eigenvalue weighted by Gasteiger charge is 2.10. The van der Waals surface area contributed by atoms with Crippen LogP contribution in [0.2, 0.25) is 0 Å². The van der Waals surface area contributed by atoms with Crippen LogP contribution in [-0.4, -0.2) is 10.9 Å². The number of aromatic nitrogens is 1. The highest BCUT2D eigenvalue weighted by molar-refractivity contribution is 6.06. The topological polar surface area (TPSA) is 44.9 Å². The molecule has 0 aliphatic rings. The van der Waals surface area contributed by atoms with Gasteiger partial charge in [0.2, 0.25) is 0 Å². The van der Waals surface area contributed by atoms with Crippen molar-refractivity contribution < 1.29 is 9.18 Å². The number of carbonyl (C=O) groups excluding carboxylic acids is 1. The normalized spacial score (nSPS) is 10.7. The Hall–Kier alpha value is -2.62. The zero-order chi connectivity index (χ0) is 14.1. The first-order chi connectivity index (χ1) is 9.65. The van der Waals surface area contributed by atoms with Crippen molar-refractivity contribution in [3.05, 3.63) is 65.6 Å². The highest BCUT2D eigenvalue weighted by Crippen LogP contribution is 2.19. The molecule has 1 heterocycles. The number of hydrogen-bond donors (Lipinski definition) is 2. The van der Waals surface area contributed by atoms with E-state index in [1.54, 1.807) is 31.2 Å². The minimum Gasteiger partial charge on any atom is -0.361 e. The second-order valence-electron chi connectivity index (χ2n) is 4.65. The van der Waals surface area contributed by atoms with Crippen LogP contribution in [-0.2, 0) is 0 Å². The number of fused-ring (bicyclic) bond motifs is 1. The maximum Gasteiger partial charge on any atom is 0.255 e. The lowest BCUT2D eigenvalue weighted by Crippen LogP contribution is -2.13. The third kappa shape index (κ3) is 2.16. The number of amides is 1. The van der Waals surface area contributed by atoms with Gasteiger partial charge in [0, 0.05) is 28.5 Å². The molecule has 100 valence electrons. The molecule has 3 aromatic rings. The van der Waals surface area contributed by atoms with Crippen molar-refractivity contribution in [2.75, 3.05) is 5.32 Å². The van der Waals surface area contributed by atoms with Crippen LogP contribution in [0.3, 0.4) is 0 Å². The number of halogens is 1. The number of anilines is 1. The molecule has 1 amide bonds. The number of nitrogens with one attached hydrogen (secondary N) is 2. The second kappa shape index (κ2) is 4.81. The maximum atomic E-state index is 13.4. The summed E-state index contributed by atoms with van der Waals surface area (Å²) in [6.45, 7) is 1.64. The monoisotopic (exact) mass is 268 g/mol. The summed E-state index contributed by atoms with van der Waals surface area (Å²) in [6, 6.07) is 12.0. The fourth-order valence-electron chi connectivity index (χ4n) is 2.13. The van der Waals surface area contributed by atoms with Crippen LogP contribution in [0.5, 0.6) is 0 Å². The molecule has 0 saturated carbocycles. The third-order valence-electron chi connectivity index (χ3n) is 3.33. The Bertz CT molecular complexity index is 792. The van der Waals surface area contributed by atoms with Gasteiger partial charge in [0.15, 0.2) is 0 Å². The molecule has 0 fully saturated rings. The van der Waals surface area contributed by atoms with Gasteiger partial charge in [-0.3, -0.25) is 4.79 Å². The van der Waals surface area contributed by atoms with E-state index in [1.165, 1.54) is 6.07 Å². The SMILES string of the molecule is Cc1c(F)cccc1NC(=O)c1ccc2cc[nH]c2c1. The first kappa shape index (κ1) is 12.4. The van der Waals surface area contributed by atoms with E-state index in [9.17, 15) is 9.18 Å². The fraction of sp³-hybridized carbons (Fsp3) is 0.0625. The average molecular weight is 268 g/mol. The summed E-state index contributed by atoms with van der Waals surface area (Å²) in [5.74, 6) is -0.585. The number of H-pyrrole nitrogens is 1. The minimum absolute atomic E-state index is 0.254. The van der Waals surface area contributed by atoms with Gasteiger partial charge in [0.1, 0.15) is 5.82 Å². The number of benzene rings is 2. The van der Waals surface area contributed by atoms with E-state index >= 15 is 0 Å². The third-order valence-corrected chi connectivity index (χ3v) is 3.33. The van der Waals surface area contributed by atoms with Crippen molar-refractivity contribution in [2.45, 2.75) is 6.92 Å². The first-order valence-electron chi connectivity index (χ1n) is 6.29. The molecule has 0 unspecified atom stereocenters. The largest absolute Gasteiger partial charge is 0.361 e. The van der Waals surface area contributed by atoms with Crippen LogP contribution >= 0.6 is 0 Å². The quantitative estimate of drug-likeness (QED) is 0.728. The van der Waals surface area contributed by atoms with Gasteiger partial charge in [-0.25, -0.2) is 4.39 Å². The molecule has 0 aliphatic carbocycles. The summed E-state index contributed by atoms with van der Waals surface area (Å²) in [6.07, 6.45) is 1.82. The van der Waals surface area contributed by atoms with Crippen molar-refractivity contribution >= 4 is 22.5 Å². The molecule has 0 bridgehead atoms. The second-order valence-corrected chi connectivity index (χ2v) is 4.65. The molecular formula is C16H13FN2O. The zero-order valence-corrected chi connectivity index (χ0v) is 10.9. The fourth-order valence-corrected chi connectivity index (χ4v) is 2.13. The van der Waals surface area contributed by atoms with E-state index in [1.807, 2.05) is 18.3 Å². The molecule has 20 heavy (non-hydrogen) atoms. The van der Waals surface area contributed by atoms with E-state index in [4.69, 9.17) is 0 Å². The summed E-state index contributed by atoms with van der Waals surface area (Å²) in [4.78, 5) is 15.3. The maximum absolute atomic E-state index is 13.4. The van der Waals surface area contributed by atoms with Gasteiger partial charge in [0.05, 0.1) is 0 Å². The molecule has 0 atom stereocenters. The van der Waals surface area contributed by atoms with Crippen molar-refractivity contribution in [3.8, 4) is 0 Å². The van der Waals surface area contributed by atoms with Gasteiger partial charge in [-0.1, -0.05) is 12.1 Å². The standard InChI is InChI=1S/C16H13FN2O/c1-10-13(17)3-2-4-14(10)19-16(20)12-6-5-11-7-8-18-15(11)9-12/h2-9,18H,1H3,(H,19,20). The van der Waals surface area contributed by atoms with E-state index in [2.05, 4.69) is 10.3 Å². The molecule has 0 radical (unpaired) electrons. The predicted molar refractivity (Wildman–Crippen MR) is 77.4 cm³/mol. The zero-order valence-electron chi connectivity index (χ0n) is 10.9. The van der Waals surface area contributed by atoms with Crippen molar-refractivity contribution in [1.29, 1.82) is 0 Å². The predicted octanol–water partition coefficient (Wildman–Crippen LogP) is 3.87. The van der Waals surface area contributed by atoms with E-state index < -0.39 is 0 Å². The molecular weight excluding hydrogens is 255 g/mol. The van der Waals surface area contributed by atoms with Gasteiger partial charge in [-0.05, 0) is 42.6 Å². The average Bonchev–Trinajstić information content (AvgIpc) is 2.91. The Kier molecular flexibility index (Phi) is 2.99. The van der Waals surface area contributed by atoms with E-state index in [0.717, 1.165) is 10.9 Å². The Balaban J connectivity index is 1.90. The number of aromatic amines is 1. The van der Waals surface area contributed by atoms with E-state index in [-0.39, 0.29) is 11.7 Å². The number of hydrogen-bond acceptors (Lipinski definition) is 1. The van der Waals surface area contributed by atoms with Gasteiger partial charge in [0.25, 0.3) is 5.91 Å². The number of carbonyl (C=O) groups is 1. The van der Waals surface area contributed by atoms with Crippen LogP contribution in [0, 0.1) is 12.7 Å². The molecule has 1 aromatic heterocycles. The summed E-state index contributed by atoms with van der Waals surface area (Å²) >= 11 is 0.